The predicted molar refractivity (Wildman–Crippen MR) is 74.8 cm³/mol. The summed E-state index contributed by atoms with van der Waals surface area (Å²) in [5.74, 6) is 0.886. The summed E-state index contributed by atoms with van der Waals surface area (Å²) in [5.41, 5.74) is 0.907. The van der Waals surface area contributed by atoms with Gasteiger partial charge in [-0.2, -0.15) is 4.31 Å². The van der Waals surface area contributed by atoms with Crippen LogP contribution >= 0.6 is 11.6 Å². The fourth-order valence-corrected chi connectivity index (χ4v) is 5.07. The number of rotatable bonds is 2. The molecule has 1 N–H and O–H groups in total. The first-order valence-corrected chi connectivity index (χ1v) is 8.27. The molecule has 0 spiro atoms. The van der Waals surface area contributed by atoms with E-state index in [-0.39, 0.29) is 4.90 Å². The molecule has 0 unspecified atom stereocenters. The van der Waals surface area contributed by atoms with Crippen LogP contribution in [0.3, 0.4) is 0 Å². The van der Waals surface area contributed by atoms with Crippen LogP contribution in [0.25, 0.3) is 0 Å². The molecule has 0 radical (unpaired) electrons. The number of nitrogens with zero attached hydrogens (tertiary/aromatic N) is 1. The number of fused-ring (bicyclic) bond motifs is 1. The van der Waals surface area contributed by atoms with E-state index in [9.17, 15) is 8.42 Å². The number of benzene rings is 1. The Labute approximate surface area is 118 Å². The van der Waals surface area contributed by atoms with Gasteiger partial charge in [0.1, 0.15) is 4.90 Å². The number of nitrogens with one attached hydrogen (secondary N) is 1. The quantitative estimate of drug-likeness (QED) is 0.900. The highest BCUT2D eigenvalue weighted by Gasteiger charge is 2.41. The summed E-state index contributed by atoms with van der Waals surface area (Å²) in [6.07, 6.45) is 0. The molecule has 0 amide bonds. The molecular formula is C13H17ClN2O2S. The molecule has 0 saturated carbocycles. The third-order valence-corrected chi connectivity index (χ3v) is 6.37. The summed E-state index contributed by atoms with van der Waals surface area (Å²) in [4.78, 5) is 0.238. The minimum atomic E-state index is -3.46. The minimum Gasteiger partial charge on any atom is -0.316 e. The van der Waals surface area contributed by atoms with E-state index in [1.54, 1.807) is 16.4 Å². The van der Waals surface area contributed by atoms with Gasteiger partial charge in [0.2, 0.25) is 10.0 Å². The Morgan fingerprint density at radius 1 is 1.26 bits per heavy atom. The van der Waals surface area contributed by atoms with Gasteiger partial charge < -0.3 is 5.32 Å². The van der Waals surface area contributed by atoms with E-state index >= 15 is 0 Å². The maximum absolute atomic E-state index is 12.7. The van der Waals surface area contributed by atoms with Crippen LogP contribution in [0.2, 0.25) is 5.02 Å². The van der Waals surface area contributed by atoms with Crippen LogP contribution in [0.1, 0.15) is 5.56 Å². The molecule has 104 valence electrons. The molecule has 2 aliphatic rings. The van der Waals surface area contributed by atoms with Gasteiger partial charge in [-0.1, -0.05) is 17.7 Å². The zero-order valence-electron chi connectivity index (χ0n) is 10.8. The summed E-state index contributed by atoms with van der Waals surface area (Å²) < 4.78 is 26.9. The zero-order valence-corrected chi connectivity index (χ0v) is 12.3. The molecule has 2 aliphatic heterocycles. The van der Waals surface area contributed by atoms with E-state index in [1.165, 1.54) is 0 Å². The van der Waals surface area contributed by atoms with Gasteiger partial charge in [-0.05, 0) is 49.5 Å². The number of halogens is 1. The van der Waals surface area contributed by atoms with Crippen molar-refractivity contribution in [3.63, 3.8) is 0 Å². The summed E-state index contributed by atoms with van der Waals surface area (Å²) in [7, 11) is -3.46. The van der Waals surface area contributed by atoms with E-state index in [1.807, 2.05) is 13.0 Å². The molecular weight excluding hydrogens is 284 g/mol. The van der Waals surface area contributed by atoms with Crippen LogP contribution in [0.4, 0.5) is 0 Å². The molecule has 1 aromatic carbocycles. The number of sulfonamides is 1. The SMILES string of the molecule is Cc1ccc(Cl)c(S(=O)(=O)N2C[C@H]3CNC[C@H]3C2)c1. The predicted octanol–water partition coefficient (Wildman–Crippen LogP) is 1.49. The Morgan fingerprint density at radius 2 is 1.89 bits per heavy atom. The lowest BCUT2D eigenvalue weighted by atomic mass is 10.0. The molecule has 0 bridgehead atoms. The Hall–Kier alpha value is -0.620. The van der Waals surface area contributed by atoms with Crippen molar-refractivity contribution < 1.29 is 8.42 Å². The average molecular weight is 301 g/mol. The van der Waals surface area contributed by atoms with Crippen molar-refractivity contribution in [2.24, 2.45) is 11.8 Å². The van der Waals surface area contributed by atoms with Gasteiger partial charge in [-0.25, -0.2) is 8.42 Å². The zero-order chi connectivity index (χ0) is 13.6. The van der Waals surface area contributed by atoms with Crippen LogP contribution < -0.4 is 5.32 Å². The highest BCUT2D eigenvalue weighted by atomic mass is 35.5. The largest absolute Gasteiger partial charge is 0.316 e. The van der Waals surface area contributed by atoms with Crippen LogP contribution in [0.5, 0.6) is 0 Å². The lowest BCUT2D eigenvalue weighted by Crippen LogP contribution is -2.32. The maximum atomic E-state index is 12.7. The normalized spacial score (nSPS) is 27.7. The topological polar surface area (TPSA) is 49.4 Å². The first-order chi connectivity index (χ1) is 8.98. The molecule has 2 fully saturated rings. The first kappa shape index (κ1) is 13.4. The van der Waals surface area contributed by atoms with Crippen molar-refractivity contribution in [3.05, 3.63) is 28.8 Å². The van der Waals surface area contributed by atoms with E-state index in [2.05, 4.69) is 5.32 Å². The van der Waals surface area contributed by atoms with Crippen LogP contribution in [-0.2, 0) is 10.0 Å². The minimum absolute atomic E-state index is 0.238. The Morgan fingerprint density at radius 3 is 2.53 bits per heavy atom. The van der Waals surface area contributed by atoms with Crippen LogP contribution in [-0.4, -0.2) is 38.9 Å². The van der Waals surface area contributed by atoms with Crippen molar-refractivity contribution in [3.8, 4) is 0 Å². The van der Waals surface area contributed by atoms with E-state index in [4.69, 9.17) is 11.6 Å². The molecule has 19 heavy (non-hydrogen) atoms. The molecule has 2 saturated heterocycles. The second kappa shape index (κ2) is 4.74. The number of hydrogen-bond acceptors (Lipinski definition) is 3. The lowest BCUT2D eigenvalue weighted by molar-refractivity contribution is 0.448. The van der Waals surface area contributed by atoms with Gasteiger partial charge in [0.05, 0.1) is 5.02 Å². The fourth-order valence-electron chi connectivity index (χ4n) is 2.96. The summed E-state index contributed by atoms with van der Waals surface area (Å²) >= 11 is 6.06. The Bertz CT molecular complexity index is 591. The summed E-state index contributed by atoms with van der Waals surface area (Å²) in [6.45, 7) is 4.91. The van der Waals surface area contributed by atoms with E-state index in [0.29, 0.717) is 29.9 Å². The van der Waals surface area contributed by atoms with Crippen LogP contribution in [0.15, 0.2) is 23.1 Å². The number of aryl methyl sites for hydroxylation is 1. The third-order valence-electron chi connectivity index (χ3n) is 4.06. The molecule has 0 aromatic heterocycles. The van der Waals surface area contributed by atoms with Crippen molar-refractivity contribution in [1.82, 2.24) is 9.62 Å². The number of hydrogen-bond donors (Lipinski definition) is 1. The lowest BCUT2D eigenvalue weighted by Gasteiger charge is -2.18. The third kappa shape index (κ3) is 2.29. The average Bonchev–Trinajstić information content (AvgIpc) is 2.92. The van der Waals surface area contributed by atoms with Crippen molar-refractivity contribution >= 4 is 21.6 Å². The molecule has 4 nitrogen and oxygen atoms in total. The fraction of sp³-hybridized carbons (Fsp3) is 0.538. The monoisotopic (exact) mass is 300 g/mol. The maximum Gasteiger partial charge on any atom is 0.244 e. The van der Waals surface area contributed by atoms with Gasteiger partial charge >= 0.3 is 0 Å². The second-order valence-corrected chi connectivity index (χ2v) is 7.75. The smallest absolute Gasteiger partial charge is 0.244 e. The van der Waals surface area contributed by atoms with Crippen molar-refractivity contribution in [2.75, 3.05) is 26.2 Å². The van der Waals surface area contributed by atoms with E-state index < -0.39 is 10.0 Å². The van der Waals surface area contributed by atoms with Crippen LogP contribution in [0, 0.1) is 18.8 Å². The molecule has 2 atom stereocenters. The second-order valence-electron chi connectivity index (χ2n) is 5.43. The first-order valence-electron chi connectivity index (χ1n) is 6.45. The summed E-state index contributed by atoms with van der Waals surface area (Å²) in [5, 5.41) is 3.62. The van der Waals surface area contributed by atoms with Gasteiger partial charge in [-0.3, -0.25) is 0 Å². The van der Waals surface area contributed by atoms with E-state index in [0.717, 1.165) is 18.7 Å². The standard InChI is InChI=1S/C13H17ClN2O2S/c1-9-2-3-12(14)13(4-9)19(17,18)16-7-10-5-15-6-11(10)8-16/h2-4,10-11,15H,5-8H2,1H3/t10-,11+. The Balaban J connectivity index is 1.93. The van der Waals surface area contributed by atoms with Crippen molar-refractivity contribution in [1.29, 1.82) is 0 Å². The molecule has 6 heteroatoms. The molecule has 1 aromatic rings. The highest BCUT2D eigenvalue weighted by molar-refractivity contribution is 7.89. The van der Waals surface area contributed by atoms with Gasteiger partial charge in [-0.15, -0.1) is 0 Å². The van der Waals surface area contributed by atoms with Gasteiger partial charge in [0, 0.05) is 13.1 Å². The highest BCUT2D eigenvalue weighted by Crippen LogP contribution is 2.33. The molecule has 3 rings (SSSR count). The molecule has 2 heterocycles. The summed E-state index contributed by atoms with van der Waals surface area (Å²) in [6, 6.07) is 5.14. The van der Waals surface area contributed by atoms with Crippen molar-refractivity contribution in [2.45, 2.75) is 11.8 Å². The molecule has 0 aliphatic carbocycles. The van der Waals surface area contributed by atoms with Gasteiger partial charge in [0.25, 0.3) is 0 Å². The van der Waals surface area contributed by atoms with Gasteiger partial charge in [0.15, 0.2) is 0 Å². The Kier molecular flexibility index (Phi) is 3.33.